The molecule has 2 aliphatic heterocycles. The molecule has 3 heterocycles. The van der Waals surface area contributed by atoms with Crippen LogP contribution in [0.15, 0.2) is 12.4 Å². The number of carbonyl (C=O) groups excluding carboxylic acids is 1. The van der Waals surface area contributed by atoms with Crippen LogP contribution in [0.1, 0.15) is 31.1 Å². The Morgan fingerprint density at radius 3 is 3.20 bits per heavy atom. The number of hydrogen-bond acceptors (Lipinski definition) is 4. The van der Waals surface area contributed by atoms with Gasteiger partial charge in [-0.25, -0.2) is 4.98 Å². The number of hydrogen-bond donors (Lipinski definition) is 1. The van der Waals surface area contributed by atoms with Crippen LogP contribution in [-0.4, -0.2) is 52.7 Å². The maximum Gasteiger partial charge on any atom is 0.225 e. The lowest BCUT2D eigenvalue weighted by atomic mass is 10.1. The maximum absolute atomic E-state index is 12.5. The third-order valence-corrected chi connectivity index (χ3v) is 4.14. The van der Waals surface area contributed by atoms with Gasteiger partial charge >= 0.3 is 0 Å². The fraction of sp³-hybridized carbons (Fsp3) is 0.714. The second-order valence-electron chi connectivity index (χ2n) is 5.54. The van der Waals surface area contributed by atoms with Crippen LogP contribution in [0.5, 0.6) is 0 Å². The van der Waals surface area contributed by atoms with Gasteiger partial charge in [0, 0.05) is 39.1 Å². The fourth-order valence-corrected chi connectivity index (χ4v) is 3.09. The van der Waals surface area contributed by atoms with Crippen molar-refractivity contribution in [2.24, 2.45) is 7.05 Å². The van der Waals surface area contributed by atoms with E-state index in [0.717, 1.165) is 38.3 Å². The van der Waals surface area contributed by atoms with Crippen LogP contribution >= 0.6 is 0 Å². The Morgan fingerprint density at radius 2 is 2.50 bits per heavy atom. The number of aromatic nitrogens is 2. The van der Waals surface area contributed by atoms with E-state index in [1.807, 2.05) is 22.7 Å². The summed E-state index contributed by atoms with van der Waals surface area (Å²) in [6, 6.07) is 0.124. The van der Waals surface area contributed by atoms with E-state index in [0.29, 0.717) is 13.0 Å². The van der Waals surface area contributed by atoms with Gasteiger partial charge in [-0.2, -0.15) is 0 Å². The molecule has 6 heteroatoms. The summed E-state index contributed by atoms with van der Waals surface area (Å²) in [5.74, 6) is 1.17. The van der Waals surface area contributed by atoms with Gasteiger partial charge in [0.15, 0.2) is 0 Å². The lowest BCUT2D eigenvalue weighted by molar-refractivity contribution is -0.135. The zero-order valence-electron chi connectivity index (χ0n) is 11.9. The van der Waals surface area contributed by atoms with Crippen molar-refractivity contribution < 1.29 is 9.53 Å². The summed E-state index contributed by atoms with van der Waals surface area (Å²) in [5, 5.41) is 3.27. The zero-order valence-corrected chi connectivity index (χ0v) is 11.9. The van der Waals surface area contributed by atoms with Gasteiger partial charge in [-0.1, -0.05) is 0 Å². The second-order valence-corrected chi connectivity index (χ2v) is 5.54. The lowest BCUT2D eigenvalue weighted by Crippen LogP contribution is -2.42. The highest BCUT2D eigenvalue weighted by molar-refractivity contribution is 5.77. The first kappa shape index (κ1) is 13.6. The number of rotatable bonds is 3. The number of amides is 1. The highest BCUT2D eigenvalue weighted by atomic mass is 16.5. The van der Waals surface area contributed by atoms with E-state index in [4.69, 9.17) is 4.74 Å². The number of nitrogens with zero attached hydrogens (tertiary/aromatic N) is 3. The van der Waals surface area contributed by atoms with Crippen molar-refractivity contribution in [1.82, 2.24) is 19.8 Å². The molecule has 3 rings (SSSR count). The highest BCUT2D eigenvalue weighted by Gasteiger charge is 2.33. The number of morpholine rings is 1. The van der Waals surface area contributed by atoms with E-state index in [2.05, 4.69) is 10.3 Å². The molecule has 1 aromatic rings. The predicted molar refractivity (Wildman–Crippen MR) is 74.1 cm³/mol. The van der Waals surface area contributed by atoms with E-state index in [9.17, 15) is 4.79 Å². The molecular weight excluding hydrogens is 256 g/mol. The van der Waals surface area contributed by atoms with Crippen LogP contribution in [0.4, 0.5) is 0 Å². The van der Waals surface area contributed by atoms with Gasteiger partial charge in [-0.05, 0) is 12.8 Å². The summed E-state index contributed by atoms with van der Waals surface area (Å²) >= 11 is 0. The average molecular weight is 278 g/mol. The molecule has 0 aliphatic carbocycles. The molecule has 0 saturated carbocycles. The zero-order chi connectivity index (χ0) is 13.9. The molecule has 0 bridgehead atoms. The number of imidazole rings is 1. The predicted octanol–water partition coefficient (Wildman–Crippen LogP) is 0.462. The third kappa shape index (κ3) is 2.71. The summed E-state index contributed by atoms with van der Waals surface area (Å²) in [6.07, 6.45) is 6.26. The SMILES string of the molecule is Cn1ccnc1C1CCCN1C(=O)CC1CNCCO1. The maximum atomic E-state index is 12.5. The van der Waals surface area contributed by atoms with Gasteiger partial charge < -0.3 is 19.5 Å². The van der Waals surface area contributed by atoms with Crippen molar-refractivity contribution in [3.05, 3.63) is 18.2 Å². The van der Waals surface area contributed by atoms with Gasteiger partial charge in [0.1, 0.15) is 5.82 Å². The first-order valence-corrected chi connectivity index (χ1v) is 7.34. The summed E-state index contributed by atoms with van der Waals surface area (Å²) < 4.78 is 7.64. The van der Waals surface area contributed by atoms with Crippen molar-refractivity contribution in [3.63, 3.8) is 0 Å². The molecule has 20 heavy (non-hydrogen) atoms. The summed E-state index contributed by atoms with van der Waals surface area (Å²) in [6.45, 7) is 3.17. The van der Waals surface area contributed by atoms with Gasteiger partial charge in [0.25, 0.3) is 0 Å². The van der Waals surface area contributed by atoms with Crippen LogP contribution in [0, 0.1) is 0 Å². The molecule has 2 fully saturated rings. The van der Waals surface area contributed by atoms with Crippen molar-refractivity contribution in [2.75, 3.05) is 26.2 Å². The first-order valence-electron chi connectivity index (χ1n) is 7.34. The monoisotopic (exact) mass is 278 g/mol. The van der Waals surface area contributed by atoms with Crippen LogP contribution in [0.25, 0.3) is 0 Å². The Bertz CT molecular complexity index is 467. The Balaban J connectivity index is 1.65. The quantitative estimate of drug-likeness (QED) is 0.873. The van der Waals surface area contributed by atoms with Gasteiger partial charge in [-0.15, -0.1) is 0 Å². The Morgan fingerprint density at radius 1 is 1.60 bits per heavy atom. The summed E-state index contributed by atoms with van der Waals surface area (Å²) in [7, 11) is 1.98. The molecule has 0 aromatic carbocycles. The Hall–Kier alpha value is -1.40. The number of aryl methyl sites for hydroxylation is 1. The molecule has 2 atom stereocenters. The largest absolute Gasteiger partial charge is 0.375 e. The molecule has 110 valence electrons. The standard InChI is InChI=1S/C14H22N4O2/c1-17-7-4-16-14(17)12-3-2-6-18(12)13(19)9-11-10-15-5-8-20-11/h4,7,11-12,15H,2-3,5-6,8-10H2,1H3. The van der Waals surface area contributed by atoms with Crippen LogP contribution in [-0.2, 0) is 16.6 Å². The fourth-order valence-electron chi connectivity index (χ4n) is 3.09. The Kier molecular flexibility index (Phi) is 4.03. The third-order valence-electron chi connectivity index (χ3n) is 4.14. The van der Waals surface area contributed by atoms with E-state index >= 15 is 0 Å². The molecule has 0 radical (unpaired) electrons. The normalized spacial score (nSPS) is 26.9. The Labute approximate surface area is 119 Å². The molecule has 6 nitrogen and oxygen atoms in total. The van der Waals surface area contributed by atoms with E-state index < -0.39 is 0 Å². The van der Waals surface area contributed by atoms with Crippen molar-refractivity contribution in [3.8, 4) is 0 Å². The minimum absolute atomic E-state index is 0.0128. The lowest BCUT2D eigenvalue weighted by Gasteiger charge is -2.28. The number of ether oxygens (including phenoxy) is 1. The molecule has 2 saturated heterocycles. The van der Waals surface area contributed by atoms with Crippen LogP contribution < -0.4 is 5.32 Å². The van der Waals surface area contributed by atoms with Crippen molar-refractivity contribution in [2.45, 2.75) is 31.4 Å². The molecule has 1 N–H and O–H groups in total. The molecule has 1 aromatic heterocycles. The minimum Gasteiger partial charge on any atom is -0.375 e. The summed E-state index contributed by atoms with van der Waals surface area (Å²) in [5.41, 5.74) is 0. The smallest absolute Gasteiger partial charge is 0.225 e. The highest BCUT2D eigenvalue weighted by Crippen LogP contribution is 2.31. The van der Waals surface area contributed by atoms with Crippen LogP contribution in [0.2, 0.25) is 0 Å². The summed E-state index contributed by atoms with van der Waals surface area (Å²) in [4.78, 5) is 18.9. The molecule has 1 amide bonds. The molecule has 0 spiro atoms. The van der Waals surface area contributed by atoms with Gasteiger partial charge in [-0.3, -0.25) is 4.79 Å². The number of carbonyl (C=O) groups is 1. The second kappa shape index (κ2) is 5.93. The average Bonchev–Trinajstić information content (AvgIpc) is 3.07. The van der Waals surface area contributed by atoms with E-state index in [-0.39, 0.29) is 18.1 Å². The number of nitrogens with one attached hydrogen (secondary N) is 1. The van der Waals surface area contributed by atoms with E-state index in [1.165, 1.54) is 0 Å². The van der Waals surface area contributed by atoms with Crippen molar-refractivity contribution in [1.29, 1.82) is 0 Å². The van der Waals surface area contributed by atoms with Gasteiger partial charge in [0.2, 0.25) is 5.91 Å². The first-order chi connectivity index (χ1) is 9.75. The molecular formula is C14H22N4O2. The number of likely N-dealkylation sites (tertiary alicyclic amines) is 1. The van der Waals surface area contributed by atoms with Crippen molar-refractivity contribution >= 4 is 5.91 Å². The molecule has 2 aliphatic rings. The van der Waals surface area contributed by atoms with E-state index in [1.54, 1.807) is 6.20 Å². The minimum atomic E-state index is 0.0128. The van der Waals surface area contributed by atoms with Crippen LogP contribution in [0.3, 0.4) is 0 Å². The topological polar surface area (TPSA) is 59.4 Å². The van der Waals surface area contributed by atoms with Gasteiger partial charge in [0.05, 0.1) is 25.2 Å². The molecule has 2 unspecified atom stereocenters.